The molecular formula is C23H30N2O8. The molecule has 0 radical (unpaired) electrons. The number of amides is 4. The number of esters is 2. The number of imide groups is 2. The van der Waals surface area contributed by atoms with E-state index in [9.17, 15) is 28.8 Å². The number of unbranched alkanes of at least 4 members (excludes halogenated alkanes) is 4. The minimum Gasteiger partial charge on any atom is -0.461 e. The van der Waals surface area contributed by atoms with Crippen molar-refractivity contribution in [3.8, 4) is 0 Å². The standard InChI is InChI=1S/C23H30N2O8/c1-16(14-24-18(26)10-11-19(24)27)32-22(30)8-6-4-3-5-7-9-23(31)33-17(2)15-25-20(28)12-13-21(25)29/h10-13,16-17H,3-9,14-15H2,1-2H3. The van der Waals surface area contributed by atoms with E-state index in [0.717, 1.165) is 29.1 Å². The second kappa shape index (κ2) is 12.7. The summed E-state index contributed by atoms with van der Waals surface area (Å²) in [6.07, 6.45) is 7.82. The van der Waals surface area contributed by atoms with Gasteiger partial charge in [0.15, 0.2) is 0 Å². The SMILES string of the molecule is CC(CN1C(=O)C=CC1=O)OC(=O)CCCCCCCC(=O)OC(C)CN1C(=O)C=CC1=O. The predicted molar refractivity (Wildman–Crippen MR) is 115 cm³/mol. The van der Waals surface area contributed by atoms with Crippen LogP contribution in [0.4, 0.5) is 0 Å². The Bertz CT molecular complexity index is 743. The van der Waals surface area contributed by atoms with Crippen molar-refractivity contribution < 1.29 is 38.2 Å². The highest BCUT2D eigenvalue weighted by molar-refractivity contribution is 6.13. The van der Waals surface area contributed by atoms with Gasteiger partial charge in [0.25, 0.3) is 23.6 Å². The van der Waals surface area contributed by atoms with Gasteiger partial charge in [-0.3, -0.25) is 38.6 Å². The quantitative estimate of drug-likeness (QED) is 0.215. The summed E-state index contributed by atoms with van der Waals surface area (Å²) in [7, 11) is 0. The molecule has 0 aromatic carbocycles. The van der Waals surface area contributed by atoms with E-state index in [-0.39, 0.29) is 37.9 Å². The molecule has 2 atom stereocenters. The van der Waals surface area contributed by atoms with E-state index in [4.69, 9.17) is 9.47 Å². The number of nitrogens with zero attached hydrogens (tertiary/aromatic N) is 2. The van der Waals surface area contributed by atoms with Gasteiger partial charge in [0.05, 0.1) is 13.1 Å². The fourth-order valence-corrected chi connectivity index (χ4v) is 3.45. The summed E-state index contributed by atoms with van der Waals surface area (Å²) in [5.41, 5.74) is 0. The van der Waals surface area contributed by atoms with E-state index in [1.807, 2.05) is 0 Å². The minimum absolute atomic E-state index is 0.0344. The predicted octanol–water partition coefficient (Wildman–Crippen LogP) is 1.43. The van der Waals surface area contributed by atoms with Crippen LogP contribution < -0.4 is 0 Å². The first kappa shape index (κ1) is 26.0. The molecule has 33 heavy (non-hydrogen) atoms. The fourth-order valence-electron chi connectivity index (χ4n) is 3.45. The van der Waals surface area contributed by atoms with Crippen LogP contribution in [0, 0.1) is 0 Å². The Morgan fingerprint density at radius 1 is 0.636 bits per heavy atom. The fraction of sp³-hybridized carbons (Fsp3) is 0.565. The van der Waals surface area contributed by atoms with Gasteiger partial charge in [-0.25, -0.2) is 0 Å². The van der Waals surface area contributed by atoms with Gasteiger partial charge in [0.1, 0.15) is 12.2 Å². The van der Waals surface area contributed by atoms with Crippen LogP contribution in [0.25, 0.3) is 0 Å². The van der Waals surface area contributed by atoms with Gasteiger partial charge in [-0.1, -0.05) is 19.3 Å². The lowest BCUT2D eigenvalue weighted by Crippen LogP contribution is -2.37. The summed E-state index contributed by atoms with van der Waals surface area (Å²) in [5.74, 6) is -2.38. The Morgan fingerprint density at radius 3 is 1.27 bits per heavy atom. The summed E-state index contributed by atoms with van der Waals surface area (Å²) in [6.45, 7) is 3.34. The van der Waals surface area contributed by atoms with Crippen LogP contribution in [0.3, 0.4) is 0 Å². The van der Waals surface area contributed by atoms with Gasteiger partial charge in [-0.15, -0.1) is 0 Å². The first-order valence-corrected chi connectivity index (χ1v) is 11.1. The minimum atomic E-state index is -0.573. The number of hydrogen-bond donors (Lipinski definition) is 0. The summed E-state index contributed by atoms with van der Waals surface area (Å²) in [4.78, 5) is 71.9. The van der Waals surface area contributed by atoms with E-state index in [1.54, 1.807) is 13.8 Å². The highest BCUT2D eigenvalue weighted by Gasteiger charge is 2.27. The number of carbonyl (C=O) groups excluding carboxylic acids is 6. The zero-order chi connectivity index (χ0) is 24.4. The largest absolute Gasteiger partial charge is 0.461 e. The van der Waals surface area contributed by atoms with Crippen molar-refractivity contribution >= 4 is 35.6 Å². The number of rotatable bonds is 14. The van der Waals surface area contributed by atoms with Crippen LogP contribution in [0.1, 0.15) is 58.8 Å². The van der Waals surface area contributed by atoms with Crippen LogP contribution in [0.5, 0.6) is 0 Å². The Hall–Kier alpha value is -3.30. The van der Waals surface area contributed by atoms with Gasteiger partial charge in [0.2, 0.25) is 0 Å². The molecule has 2 aliphatic heterocycles. The second-order valence-electron chi connectivity index (χ2n) is 8.11. The maximum Gasteiger partial charge on any atom is 0.306 e. The molecule has 2 heterocycles. The maximum absolute atomic E-state index is 11.9. The molecule has 180 valence electrons. The molecule has 0 fully saturated rings. The van der Waals surface area contributed by atoms with E-state index < -0.39 is 35.8 Å². The van der Waals surface area contributed by atoms with Crippen molar-refractivity contribution in [1.29, 1.82) is 0 Å². The Balaban J connectivity index is 1.47. The van der Waals surface area contributed by atoms with E-state index in [2.05, 4.69) is 0 Å². The third-order valence-electron chi connectivity index (χ3n) is 5.11. The van der Waals surface area contributed by atoms with Crippen LogP contribution in [-0.4, -0.2) is 70.7 Å². The van der Waals surface area contributed by atoms with Gasteiger partial charge in [0, 0.05) is 37.1 Å². The lowest BCUT2D eigenvalue weighted by Gasteiger charge is -2.19. The Labute approximate surface area is 192 Å². The Morgan fingerprint density at radius 2 is 0.939 bits per heavy atom. The molecule has 4 amide bonds. The van der Waals surface area contributed by atoms with Crippen LogP contribution in [-0.2, 0) is 38.2 Å². The topological polar surface area (TPSA) is 127 Å². The third-order valence-corrected chi connectivity index (χ3v) is 5.11. The zero-order valence-electron chi connectivity index (χ0n) is 19.0. The lowest BCUT2D eigenvalue weighted by molar-refractivity contribution is -0.152. The van der Waals surface area contributed by atoms with E-state index in [0.29, 0.717) is 12.8 Å². The molecule has 10 heteroatoms. The molecule has 0 saturated heterocycles. The smallest absolute Gasteiger partial charge is 0.306 e. The first-order valence-electron chi connectivity index (χ1n) is 11.1. The molecule has 0 saturated carbocycles. The zero-order valence-corrected chi connectivity index (χ0v) is 19.0. The molecular weight excluding hydrogens is 432 g/mol. The van der Waals surface area contributed by atoms with Crippen LogP contribution in [0.2, 0.25) is 0 Å². The normalized spacial score (nSPS) is 17.2. The van der Waals surface area contributed by atoms with Crippen LogP contribution >= 0.6 is 0 Å². The van der Waals surface area contributed by atoms with Crippen molar-refractivity contribution in [2.75, 3.05) is 13.1 Å². The summed E-state index contributed by atoms with van der Waals surface area (Å²) in [5, 5.41) is 0. The highest BCUT2D eigenvalue weighted by atomic mass is 16.5. The van der Waals surface area contributed by atoms with Gasteiger partial charge in [-0.05, 0) is 26.7 Å². The second-order valence-corrected chi connectivity index (χ2v) is 8.11. The first-order chi connectivity index (χ1) is 15.7. The molecule has 0 N–H and O–H groups in total. The third kappa shape index (κ3) is 8.63. The average Bonchev–Trinajstić information content (AvgIpc) is 3.23. The summed E-state index contributed by atoms with van der Waals surface area (Å²) >= 11 is 0. The lowest BCUT2D eigenvalue weighted by atomic mass is 10.1. The molecule has 0 bridgehead atoms. The van der Waals surface area contributed by atoms with Crippen molar-refractivity contribution in [1.82, 2.24) is 9.80 Å². The van der Waals surface area contributed by atoms with Crippen molar-refractivity contribution in [2.45, 2.75) is 71.0 Å². The van der Waals surface area contributed by atoms with Crippen molar-refractivity contribution in [3.63, 3.8) is 0 Å². The molecule has 2 unspecified atom stereocenters. The van der Waals surface area contributed by atoms with E-state index in [1.165, 1.54) is 24.3 Å². The summed E-state index contributed by atoms with van der Waals surface area (Å²) < 4.78 is 10.5. The van der Waals surface area contributed by atoms with Gasteiger partial charge >= 0.3 is 11.9 Å². The molecule has 2 aliphatic rings. The average molecular weight is 462 g/mol. The molecule has 10 nitrogen and oxygen atoms in total. The van der Waals surface area contributed by atoms with Gasteiger partial charge in [-0.2, -0.15) is 0 Å². The molecule has 0 aliphatic carbocycles. The molecule has 0 aromatic rings. The summed E-state index contributed by atoms with van der Waals surface area (Å²) in [6, 6.07) is 0. The van der Waals surface area contributed by atoms with Crippen molar-refractivity contribution in [3.05, 3.63) is 24.3 Å². The van der Waals surface area contributed by atoms with Gasteiger partial charge < -0.3 is 9.47 Å². The molecule has 2 rings (SSSR count). The van der Waals surface area contributed by atoms with Crippen LogP contribution in [0.15, 0.2) is 24.3 Å². The van der Waals surface area contributed by atoms with E-state index >= 15 is 0 Å². The highest BCUT2D eigenvalue weighted by Crippen LogP contribution is 2.12. The molecule has 0 spiro atoms. The maximum atomic E-state index is 11.9. The number of ether oxygens (including phenoxy) is 2. The number of hydrogen-bond acceptors (Lipinski definition) is 8. The monoisotopic (exact) mass is 462 g/mol. The molecule has 0 aromatic heterocycles. The van der Waals surface area contributed by atoms with Crippen molar-refractivity contribution in [2.24, 2.45) is 0 Å². The Kier molecular flexibility index (Phi) is 9.96. The number of carbonyl (C=O) groups is 6.